The molecule has 5 rings (SSSR count). The third-order valence-electron chi connectivity index (χ3n) is 6.37. The van der Waals surface area contributed by atoms with E-state index in [4.69, 9.17) is 11.5 Å². The van der Waals surface area contributed by atoms with E-state index in [0.29, 0.717) is 31.1 Å². The lowest BCUT2D eigenvalue weighted by atomic mass is 10.1. The maximum Gasteiger partial charge on any atom is 0.138 e. The molecule has 162 valence electrons. The third-order valence-corrected chi connectivity index (χ3v) is 7.00. The van der Waals surface area contributed by atoms with E-state index in [1.54, 1.807) is 0 Å². The van der Waals surface area contributed by atoms with Crippen LogP contribution in [0, 0.1) is 5.92 Å². The molecule has 3 heterocycles. The van der Waals surface area contributed by atoms with Gasteiger partial charge in [-0.3, -0.25) is 0 Å². The van der Waals surface area contributed by atoms with Crippen molar-refractivity contribution < 1.29 is 10.2 Å². The number of halogens is 1. The molecule has 0 spiro atoms. The van der Waals surface area contributed by atoms with Crippen molar-refractivity contribution >= 4 is 50.0 Å². The predicted molar refractivity (Wildman–Crippen MR) is 124 cm³/mol. The van der Waals surface area contributed by atoms with Gasteiger partial charge >= 0.3 is 0 Å². The van der Waals surface area contributed by atoms with Gasteiger partial charge in [0.2, 0.25) is 0 Å². The van der Waals surface area contributed by atoms with Gasteiger partial charge in [0.1, 0.15) is 29.9 Å². The van der Waals surface area contributed by atoms with Gasteiger partial charge < -0.3 is 31.9 Å². The van der Waals surface area contributed by atoms with Crippen molar-refractivity contribution in [3.8, 4) is 0 Å². The molecule has 1 aliphatic carbocycles. The van der Waals surface area contributed by atoms with E-state index >= 15 is 0 Å². The topological polar surface area (TPSA) is 146 Å². The van der Waals surface area contributed by atoms with Gasteiger partial charge in [0.25, 0.3) is 0 Å². The summed E-state index contributed by atoms with van der Waals surface area (Å²) in [5.74, 6) is 1.58. The minimum atomic E-state index is -0.857. The maximum atomic E-state index is 10.8. The van der Waals surface area contributed by atoms with Gasteiger partial charge in [-0.25, -0.2) is 15.0 Å². The van der Waals surface area contributed by atoms with Crippen molar-refractivity contribution in [3.05, 3.63) is 40.6 Å². The molecular formula is C21H24BrN7O2. The largest absolute Gasteiger partial charge is 0.390 e. The highest BCUT2D eigenvalue weighted by atomic mass is 79.9. The van der Waals surface area contributed by atoms with E-state index in [1.807, 2.05) is 24.3 Å². The van der Waals surface area contributed by atoms with Crippen LogP contribution in [0.15, 0.2) is 35.1 Å². The van der Waals surface area contributed by atoms with E-state index in [1.165, 1.54) is 6.33 Å². The number of aliphatic hydroxyl groups is 2. The van der Waals surface area contributed by atoms with Crippen molar-refractivity contribution in [2.24, 2.45) is 5.92 Å². The normalized spacial score (nSPS) is 25.2. The molecular weight excluding hydrogens is 462 g/mol. The number of pyridine rings is 1. The zero-order chi connectivity index (χ0) is 21.7. The van der Waals surface area contributed by atoms with Crippen LogP contribution >= 0.6 is 15.9 Å². The molecule has 0 unspecified atom stereocenters. The molecule has 4 atom stereocenters. The summed E-state index contributed by atoms with van der Waals surface area (Å²) in [6.07, 6.45) is 1.15. The van der Waals surface area contributed by atoms with Crippen molar-refractivity contribution in [1.29, 1.82) is 0 Å². The number of fused-ring (bicyclic) bond motifs is 2. The second-order valence-corrected chi connectivity index (χ2v) is 9.05. The highest BCUT2D eigenvalue weighted by Gasteiger charge is 2.46. The average molecular weight is 486 g/mol. The quantitative estimate of drug-likeness (QED) is 0.371. The molecule has 0 bridgehead atoms. The van der Waals surface area contributed by atoms with Gasteiger partial charge in [0, 0.05) is 35.6 Å². The molecule has 1 saturated carbocycles. The number of hydrogen-bond donors (Lipinski definition) is 5. The summed E-state index contributed by atoms with van der Waals surface area (Å²) in [6, 6.07) is 7.60. The minimum absolute atomic E-state index is 0.109. The number of hydrogen-bond acceptors (Lipinski definition) is 9. The Bertz CT molecular complexity index is 1140. The van der Waals surface area contributed by atoms with Gasteiger partial charge in [-0.15, -0.1) is 0 Å². The number of aliphatic hydroxyl groups excluding tert-OH is 2. The highest BCUT2D eigenvalue weighted by Crippen LogP contribution is 2.38. The Balaban J connectivity index is 1.30. The summed E-state index contributed by atoms with van der Waals surface area (Å²) in [5.41, 5.74) is 14.5. The molecule has 0 saturated heterocycles. The summed E-state index contributed by atoms with van der Waals surface area (Å²) in [5, 5.41) is 25.8. The molecule has 1 aliphatic heterocycles. The number of nitrogen functional groups attached to an aromatic ring is 2. The molecule has 1 fully saturated rings. The van der Waals surface area contributed by atoms with E-state index in [0.717, 1.165) is 38.9 Å². The first-order valence-electron chi connectivity index (χ1n) is 10.2. The Kier molecular flexibility index (Phi) is 5.07. The summed E-state index contributed by atoms with van der Waals surface area (Å²) in [6.45, 7) is 1.24. The molecule has 0 amide bonds. The Labute approximate surface area is 187 Å². The van der Waals surface area contributed by atoms with Crippen molar-refractivity contribution in [3.63, 3.8) is 0 Å². The van der Waals surface area contributed by atoms with Crippen LogP contribution in [0.5, 0.6) is 0 Å². The van der Waals surface area contributed by atoms with Crippen molar-refractivity contribution in [2.75, 3.05) is 34.8 Å². The predicted octanol–water partition coefficient (Wildman–Crippen LogP) is 1.54. The molecule has 1 aromatic carbocycles. The van der Waals surface area contributed by atoms with Crippen LogP contribution in [-0.2, 0) is 6.42 Å². The molecule has 2 aromatic heterocycles. The fourth-order valence-electron chi connectivity index (χ4n) is 4.69. The number of aromatic nitrogens is 3. The van der Waals surface area contributed by atoms with Crippen LogP contribution in [0.25, 0.3) is 10.9 Å². The second kappa shape index (κ2) is 7.77. The number of nitrogens with two attached hydrogens (primary N) is 2. The van der Waals surface area contributed by atoms with E-state index in [-0.39, 0.29) is 12.0 Å². The maximum absolute atomic E-state index is 10.8. The summed E-state index contributed by atoms with van der Waals surface area (Å²) >= 11 is 3.40. The van der Waals surface area contributed by atoms with Crippen LogP contribution in [0.1, 0.15) is 12.0 Å². The minimum Gasteiger partial charge on any atom is -0.390 e. The van der Waals surface area contributed by atoms with Crippen LogP contribution < -0.4 is 21.7 Å². The molecule has 0 radical (unpaired) electrons. The van der Waals surface area contributed by atoms with Gasteiger partial charge in [-0.05, 0) is 47.0 Å². The Morgan fingerprint density at radius 3 is 2.81 bits per heavy atom. The first kappa shape index (κ1) is 20.2. The lowest BCUT2D eigenvalue weighted by Crippen LogP contribution is -2.43. The molecule has 9 nitrogen and oxygen atoms in total. The molecule has 31 heavy (non-hydrogen) atoms. The number of anilines is 4. The molecule has 3 aromatic rings. The van der Waals surface area contributed by atoms with E-state index in [9.17, 15) is 10.2 Å². The van der Waals surface area contributed by atoms with E-state index in [2.05, 4.69) is 41.1 Å². The van der Waals surface area contributed by atoms with Crippen LogP contribution in [0.2, 0.25) is 0 Å². The van der Waals surface area contributed by atoms with Gasteiger partial charge in [0.15, 0.2) is 0 Å². The Morgan fingerprint density at radius 1 is 1.13 bits per heavy atom. The number of nitrogens with one attached hydrogen (secondary N) is 1. The van der Waals surface area contributed by atoms with Crippen LogP contribution in [0.4, 0.5) is 23.1 Å². The molecule has 2 aliphatic rings. The van der Waals surface area contributed by atoms with Crippen LogP contribution in [0.3, 0.4) is 0 Å². The summed E-state index contributed by atoms with van der Waals surface area (Å²) in [4.78, 5) is 14.9. The van der Waals surface area contributed by atoms with E-state index < -0.39 is 12.2 Å². The zero-order valence-corrected chi connectivity index (χ0v) is 18.3. The standard InChI is InChI=1S/C21H24BrN7O2/c22-14-5-10-1-2-12(7-15(10)28-20(14)24)25-8-11-6-16(18(31)17(11)30)29-4-3-13-19(23)26-9-27-21(13)29/h1-2,5,7,9,11,16-18,25,30-31H,3-4,6,8H2,(H2,24,28)(H2,23,26,27)/t11-,16-,17-,18+/m1/s1. The van der Waals surface area contributed by atoms with Gasteiger partial charge in [-0.2, -0.15) is 0 Å². The number of benzene rings is 1. The fourth-order valence-corrected chi connectivity index (χ4v) is 5.03. The van der Waals surface area contributed by atoms with Gasteiger partial charge in [0.05, 0.1) is 22.1 Å². The first-order chi connectivity index (χ1) is 14.9. The first-order valence-corrected chi connectivity index (χ1v) is 11.0. The van der Waals surface area contributed by atoms with Crippen molar-refractivity contribution in [2.45, 2.75) is 31.1 Å². The zero-order valence-electron chi connectivity index (χ0n) is 16.7. The third kappa shape index (κ3) is 3.54. The van der Waals surface area contributed by atoms with Crippen LogP contribution in [-0.4, -0.2) is 56.5 Å². The van der Waals surface area contributed by atoms with Gasteiger partial charge in [-0.1, -0.05) is 6.07 Å². The summed E-state index contributed by atoms with van der Waals surface area (Å²) in [7, 11) is 0. The monoisotopic (exact) mass is 485 g/mol. The SMILES string of the molecule is Nc1nc2cc(NC[C@H]3C[C@@H](N4CCc5c(N)ncnc54)[C@H](O)[C@@H]3O)ccc2cc1Br. The Hall–Kier alpha value is -2.69. The Morgan fingerprint density at radius 2 is 1.97 bits per heavy atom. The smallest absolute Gasteiger partial charge is 0.138 e. The molecule has 7 N–H and O–H groups in total. The number of rotatable bonds is 4. The average Bonchev–Trinajstić information content (AvgIpc) is 3.30. The second-order valence-electron chi connectivity index (χ2n) is 8.19. The number of nitrogens with zero attached hydrogens (tertiary/aromatic N) is 4. The summed E-state index contributed by atoms with van der Waals surface area (Å²) < 4.78 is 0.769. The molecule has 10 heteroatoms. The van der Waals surface area contributed by atoms with Crippen molar-refractivity contribution in [1.82, 2.24) is 15.0 Å². The highest BCUT2D eigenvalue weighted by molar-refractivity contribution is 9.10. The lowest BCUT2D eigenvalue weighted by molar-refractivity contribution is 0.0170. The lowest BCUT2D eigenvalue weighted by Gasteiger charge is -2.28. The fraction of sp³-hybridized carbons (Fsp3) is 0.381.